The van der Waals surface area contributed by atoms with Crippen LogP contribution >= 0.6 is 0 Å². The minimum absolute atomic E-state index is 0.0387. The molecular weight excluding hydrogens is 312 g/mol. The molecular formula is C18H12O6. The Balaban J connectivity index is 2.26. The molecule has 0 saturated heterocycles. The lowest BCUT2D eigenvalue weighted by Gasteiger charge is -2.10. The van der Waals surface area contributed by atoms with Crippen LogP contribution in [0.3, 0.4) is 0 Å². The summed E-state index contributed by atoms with van der Waals surface area (Å²) in [6.45, 7) is 3.32. The molecule has 0 aliphatic rings. The van der Waals surface area contributed by atoms with Crippen molar-refractivity contribution in [1.82, 2.24) is 0 Å². The highest BCUT2D eigenvalue weighted by Crippen LogP contribution is 2.36. The molecule has 0 spiro atoms. The molecule has 0 aliphatic heterocycles. The molecule has 0 fully saturated rings. The zero-order chi connectivity index (χ0) is 17.3. The third-order valence-corrected chi connectivity index (χ3v) is 3.36. The Morgan fingerprint density at radius 2 is 1.92 bits per heavy atom. The zero-order valence-corrected chi connectivity index (χ0v) is 12.4. The molecule has 6 nitrogen and oxygen atoms in total. The fourth-order valence-electron chi connectivity index (χ4n) is 2.25. The standard InChI is InChI=1S/C18H12O6/c1-2-15(20)23-13-6-4-3-5-11(13)18-17(22)16(21)12-9-10(19)7-8-14(12)24-18/h2-9,19,22H,1H2. The first-order chi connectivity index (χ1) is 11.5. The van der Waals surface area contributed by atoms with E-state index in [4.69, 9.17) is 9.15 Å². The Morgan fingerprint density at radius 3 is 2.67 bits per heavy atom. The highest BCUT2D eigenvalue weighted by atomic mass is 16.5. The summed E-state index contributed by atoms with van der Waals surface area (Å²) in [6.07, 6.45) is 0.996. The number of ether oxygens (including phenoxy) is 1. The van der Waals surface area contributed by atoms with Crippen LogP contribution in [0.1, 0.15) is 0 Å². The average molecular weight is 324 g/mol. The van der Waals surface area contributed by atoms with E-state index < -0.39 is 17.1 Å². The molecule has 6 heteroatoms. The van der Waals surface area contributed by atoms with E-state index in [0.29, 0.717) is 0 Å². The Labute approximate surface area is 135 Å². The van der Waals surface area contributed by atoms with Crippen molar-refractivity contribution in [3.05, 3.63) is 65.3 Å². The number of hydrogen-bond acceptors (Lipinski definition) is 6. The van der Waals surface area contributed by atoms with Crippen LogP contribution in [0.15, 0.2) is 64.3 Å². The number of esters is 1. The van der Waals surface area contributed by atoms with Crippen LogP contribution in [0, 0.1) is 0 Å². The van der Waals surface area contributed by atoms with Crippen molar-refractivity contribution in [1.29, 1.82) is 0 Å². The van der Waals surface area contributed by atoms with Crippen molar-refractivity contribution in [2.45, 2.75) is 0 Å². The number of benzene rings is 2. The maximum atomic E-state index is 12.3. The van der Waals surface area contributed by atoms with E-state index in [1.54, 1.807) is 12.1 Å². The molecule has 3 rings (SSSR count). The van der Waals surface area contributed by atoms with Gasteiger partial charge in [-0.15, -0.1) is 0 Å². The van der Waals surface area contributed by atoms with Gasteiger partial charge in [-0.2, -0.15) is 0 Å². The molecule has 1 heterocycles. The largest absolute Gasteiger partial charge is 0.508 e. The zero-order valence-electron chi connectivity index (χ0n) is 12.4. The van der Waals surface area contributed by atoms with Gasteiger partial charge in [-0.1, -0.05) is 18.7 Å². The van der Waals surface area contributed by atoms with Crippen LogP contribution in [-0.4, -0.2) is 16.2 Å². The molecule has 0 unspecified atom stereocenters. The number of para-hydroxylation sites is 1. The first-order valence-corrected chi connectivity index (χ1v) is 6.93. The number of carbonyl (C=O) groups excluding carboxylic acids is 1. The van der Waals surface area contributed by atoms with Gasteiger partial charge in [0.05, 0.1) is 10.9 Å². The molecule has 0 saturated carbocycles. The Hall–Kier alpha value is -3.54. The predicted octanol–water partition coefficient (Wildman–Crippen LogP) is 2.96. The van der Waals surface area contributed by atoms with E-state index in [-0.39, 0.29) is 33.8 Å². The van der Waals surface area contributed by atoms with E-state index >= 15 is 0 Å². The molecule has 0 radical (unpaired) electrons. The number of fused-ring (bicyclic) bond motifs is 1. The second-order valence-electron chi connectivity index (χ2n) is 4.91. The van der Waals surface area contributed by atoms with Crippen molar-refractivity contribution < 1.29 is 24.2 Å². The second kappa shape index (κ2) is 5.92. The lowest BCUT2D eigenvalue weighted by molar-refractivity contribution is -0.128. The number of phenolic OH excluding ortho intramolecular Hbond substituents is 1. The van der Waals surface area contributed by atoms with Crippen LogP contribution in [-0.2, 0) is 4.79 Å². The summed E-state index contributed by atoms with van der Waals surface area (Å²) in [5.41, 5.74) is -0.292. The Bertz CT molecular complexity index is 1020. The number of phenols is 1. The number of hydrogen-bond donors (Lipinski definition) is 2. The van der Waals surface area contributed by atoms with Gasteiger partial charge in [0.1, 0.15) is 17.1 Å². The van der Waals surface area contributed by atoms with E-state index in [1.807, 2.05) is 0 Å². The Kier molecular flexibility index (Phi) is 3.79. The third-order valence-electron chi connectivity index (χ3n) is 3.36. The summed E-state index contributed by atoms with van der Waals surface area (Å²) >= 11 is 0. The summed E-state index contributed by atoms with van der Waals surface area (Å²) in [7, 11) is 0. The maximum absolute atomic E-state index is 12.3. The summed E-state index contributed by atoms with van der Waals surface area (Å²) < 4.78 is 10.7. The number of aromatic hydroxyl groups is 2. The van der Waals surface area contributed by atoms with E-state index in [9.17, 15) is 19.8 Å². The first kappa shape index (κ1) is 15.4. The SMILES string of the molecule is C=CC(=O)Oc1ccccc1-c1oc2ccc(O)cc2c(=O)c1O. The van der Waals surface area contributed by atoms with E-state index in [2.05, 4.69) is 6.58 Å². The normalized spacial score (nSPS) is 10.5. The molecule has 2 aromatic carbocycles. The topological polar surface area (TPSA) is 97.0 Å². The molecule has 24 heavy (non-hydrogen) atoms. The van der Waals surface area contributed by atoms with Crippen molar-refractivity contribution in [2.24, 2.45) is 0 Å². The highest BCUT2D eigenvalue weighted by Gasteiger charge is 2.19. The quantitative estimate of drug-likeness (QED) is 0.437. The molecule has 1 aromatic heterocycles. The van der Waals surface area contributed by atoms with Gasteiger partial charge in [-0.05, 0) is 30.3 Å². The minimum atomic E-state index is -0.702. The van der Waals surface area contributed by atoms with E-state index in [0.717, 1.165) is 6.08 Å². The summed E-state index contributed by atoms with van der Waals surface area (Å²) in [5.74, 6) is -1.47. The van der Waals surface area contributed by atoms with Gasteiger partial charge >= 0.3 is 5.97 Å². The summed E-state index contributed by atoms with van der Waals surface area (Å²) in [4.78, 5) is 23.8. The molecule has 2 N–H and O–H groups in total. The molecule has 0 atom stereocenters. The van der Waals surface area contributed by atoms with Gasteiger partial charge in [-0.3, -0.25) is 4.79 Å². The molecule has 0 aliphatic carbocycles. The lowest BCUT2D eigenvalue weighted by atomic mass is 10.1. The lowest BCUT2D eigenvalue weighted by Crippen LogP contribution is -2.06. The maximum Gasteiger partial charge on any atom is 0.335 e. The first-order valence-electron chi connectivity index (χ1n) is 6.93. The van der Waals surface area contributed by atoms with Crippen molar-refractivity contribution >= 4 is 16.9 Å². The van der Waals surface area contributed by atoms with Gasteiger partial charge in [0.25, 0.3) is 0 Å². The molecule has 3 aromatic rings. The summed E-state index contributed by atoms with van der Waals surface area (Å²) in [6, 6.07) is 10.3. The van der Waals surface area contributed by atoms with Crippen molar-refractivity contribution in [3.63, 3.8) is 0 Å². The number of rotatable bonds is 3. The summed E-state index contributed by atoms with van der Waals surface area (Å²) in [5, 5.41) is 19.7. The molecule has 0 bridgehead atoms. The second-order valence-corrected chi connectivity index (χ2v) is 4.91. The van der Waals surface area contributed by atoms with Gasteiger partial charge < -0.3 is 19.4 Å². The van der Waals surface area contributed by atoms with Gasteiger partial charge in [0, 0.05) is 6.08 Å². The van der Waals surface area contributed by atoms with Crippen LogP contribution in [0.4, 0.5) is 0 Å². The fraction of sp³-hybridized carbons (Fsp3) is 0. The average Bonchev–Trinajstić information content (AvgIpc) is 2.59. The van der Waals surface area contributed by atoms with Crippen molar-refractivity contribution in [2.75, 3.05) is 0 Å². The fourth-order valence-corrected chi connectivity index (χ4v) is 2.25. The smallest absolute Gasteiger partial charge is 0.335 e. The van der Waals surface area contributed by atoms with Crippen LogP contribution < -0.4 is 10.2 Å². The Morgan fingerprint density at radius 1 is 1.17 bits per heavy atom. The monoisotopic (exact) mass is 324 g/mol. The minimum Gasteiger partial charge on any atom is -0.508 e. The van der Waals surface area contributed by atoms with Gasteiger partial charge in [0.15, 0.2) is 5.76 Å². The van der Waals surface area contributed by atoms with Crippen LogP contribution in [0.2, 0.25) is 0 Å². The molecule has 120 valence electrons. The van der Waals surface area contributed by atoms with Gasteiger partial charge in [0.2, 0.25) is 11.2 Å². The third kappa shape index (κ3) is 2.61. The van der Waals surface area contributed by atoms with Crippen LogP contribution in [0.5, 0.6) is 17.2 Å². The molecule has 0 amide bonds. The van der Waals surface area contributed by atoms with Gasteiger partial charge in [-0.25, -0.2) is 4.79 Å². The van der Waals surface area contributed by atoms with Crippen LogP contribution in [0.25, 0.3) is 22.3 Å². The van der Waals surface area contributed by atoms with E-state index in [1.165, 1.54) is 30.3 Å². The van der Waals surface area contributed by atoms with Crippen molar-refractivity contribution in [3.8, 4) is 28.6 Å². The highest BCUT2D eigenvalue weighted by molar-refractivity contribution is 5.87. The predicted molar refractivity (Wildman–Crippen MR) is 87.1 cm³/mol. The number of carbonyl (C=O) groups is 1.